The van der Waals surface area contributed by atoms with Crippen LogP contribution in [0.4, 0.5) is 13.2 Å². The van der Waals surface area contributed by atoms with Crippen LogP contribution in [-0.4, -0.2) is 35.2 Å². The van der Waals surface area contributed by atoms with Gasteiger partial charge in [0.2, 0.25) is 0 Å². The Bertz CT molecular complexity index is 468. The SMILES string of the molecule is CC(N)C(c1ccccn1)N1CC=C(C(F)(F)F)CC1. The van der Waals surface area contributed by atoms with Crippen molar-refractivity contribution in [2.24, 2.45) is 5.73 Å². The second kappa shape index (κ2) is 5.93. The first kappa shape index (κ1) is 15.0. The quantitative estimate of drug-likeness (QED) is 0.868. The van der Waals surface area contributed by atoms with E-state index in [4.69, 9.17) is 5.73 Å². The molecule has 20 heavy (non-hydrogen) atoms. The Morgan fingerprint density at radius 1 is 1.35 bits per heavy atom. The Balaban J connectivity index is 2.16. The average molecular weight is 285 g/mol. The van der Waals surface area contributed by atoms with Crippen LogP contribution >= 0.6 is 0 Å². The maximum absolute atomic E-state index is 12.6. The van der Waals surface area contributed by atoms with Gasteiger partial charge in [-0.3, -0.25) is 9.88 Å². The first-order chi connectivity index (χ1) is 9.39. The molecule has 1 aromatic rings. The van der Waals surface area contributed by atoms with Crippen LogP contribution < -0.4 is 5.73 Å². The Morgan fingerprint density at radius 3 is 2.55 bits per heavy atom. The summed E-state index contributed by atoms with van der Waals surface area (Å²) < 4.78 is 37.9. The summed E-state index contributed by atoms with van der Waals surface area (Å²) in [6, 6.07) is 5.16. The third-order valence-electron chi connectivity index (χ3n) is 3.49. The van der Waals surface area contributed by atoms with Gasteiger partial charge in [-0.05, 0) is 25.5 Å². The van der Waals surface area contributed by atoms with Gasteiger partial charge in [0.05, 0.1) is 11.7 Å². The average Bonchev–Trinajstić information content (AvgIpc) is 2.39. The number of aromatic nitrogens is 1. The molecule has 6 heteroatoms. The maximum atomic E-state index is 12.6. The Labute approximate surface area is 116 Å². The van der Waals surface area contributed by atoms with Gasteiger partial charge in [-0.15, -0.1) is 0 Å². The number of halogens is 3. The van der Waals surface area contributed by atoms with Crippen LogP contribution in [0.15, 0.2) is 36.0 Å². The lowest BCUT2D eigenvalue weighted by Crippen LogP contribution is -2.42. The largest absolute Gasteiger partial charge is 0.412 e. The zero-order valence-electron chi connectivity index (χ0n) is 11.3. The molecule has 2 N–H and O–H groups in total. The lowest BCUT2D eigenvalue weighted by molar-refractivity contribution is -0.0965. The number of alkyl halides is 3. The molecule has 1 aromatic heterocycles. The van der Waals surface area contributed by atoms with Crippen molar-refractivity contribution >= 4 is 0 Å². The van der Waals surface area contributed by atoms with Gasteiger partial charge in [-0.2, -0.15) is 13.2 Å². The van der Waals surface area contributed by atoms with Crippen molar-refractivity contribution < 1.29 is 13.2 Å². The summed E-state index contributed by atoms with van der Waals surface area (Å²) in [5, 5.41) is 0. The third-order valence-corrected chi connectivity index (χ3v) is 3.49. The molecule has 110 valence electrons. The van der Waals surface area contributed by atoms with E-state index in [-0.39, 0.29) is 25.0 Å². The van der Waals surface area contributed by atoms with Crippen LogP contribution in [0.3, 0.4) is 0 Å². The molecule has 2 rings (SSSR count). The molecule has 3 nitrogen and oxygen atoms in total. The number of pyridine rings is 1. The van der Waals surface area contributed by atoms with Crippen LogP contribution in [-0.2, 0) is 0 Å². The van der Waals surface area contributed by atoms with Crippen molar-refractivity contribution in [3.05, 3.63) is 41.7 Å². The summed E-state index contributed by atoms with van der Waals surface area (Å²) in [5.41, 5.74) is 6.35. The number of hydrogen-bond donors (Lipinski definition) is 1. The molecule has 0 radical (unpaired) electrons. The van der Waals surface area contributed by atoms with Gasteiger partial charge in [-0.25, -0.2) is 0 Å². The predicted molar refractivity (Wildman–Crippen MR) is 71.0 cm³/mol. The van der Waals surface area contributed by atoms with E-state index in [1.165, 1.54) is 6.08 Å². The summed E-state index contributed by atoms with van der Waals surface area (Å²) in [5.74, 6) is 0. The molecule has 0 aliphatic carbocycles. The number of rotatable bonds is 3. The highest BCUT2D eigenvalue weighted by Gasteiger charge is 2.36. The van der Waals surface area contributed by atoms with E-state index in [2.05, 4.69) is 4.98 Å². The van der Waals surface area contributed by atoms with Crippen LogP contribution in [0.25, 0.3) is 0 Å². The van der Waals surface area contributed by atoms with Gasteiger partial charge in [0.15, 0.2) is 0 Å². The lowest BCUT2D eigenvalue weighted by Gasteiger charge is -2.36. The first-order valence-electron chi connectivity index (χ1n) is 6.56. The fraction of sp³-hybridized carbons (Fsp3) is 0.500. The molecule has 0 saturated carbocycles. The number of nitrogens with zero attached hydrogens (tertiary/aromatic N) is 2. The summed E-state index contributed by atoms with van der Waals surface area (Å²) in [4.78, 5) is 6.23. The van der Waals surface area contributed by atoms with E-state index >= 15 is 0 Å². The van der Waals surface area contributed by atoms with Gasteiger partial charge in [0.1, 0.15) is 0 Å². The van der Waals surface area contributed by atoms with Crippen molar-refractivity contribution in [2.45, 2.75) is 31.6 Å². The summed E-state index contributed by atoms with van der Waals surface area (Å²) >= 11 is 0. The Hall–Kier alpha value is -1.40. The molecule has 0 saturated heterocycles. The van der Waals surface area contributed by atoms with Crippen LogP contribution in [0.5, 0.6) is 0 Å². The molecule has 0 fully saturated rings. The summed E-state index contributed by atoms with van der Waals surface area (Å²) in [6.07, 6.45) is -1.30. The molecule has 1 aliphatic rings. The highest BCUT2D eigenvalue weighted by molar-refractivity contribution is 5.17. The summed E-state index contributed by atoms with van der Waals surface area (Å²) in [6.45, 7) is 2.44. The van der Waals surface area contributed by atoms with Crippen molar-refractivity contribution in [1.82, 2.24) is 9.88 Å². The third kappa shape index (κ3) is 3.37. The molecule has 0 amide bonds. The van der Waals surface area contributed by atoms with E-state index in [1.807, 2.05) is 24.0 Å². The maximum Gasteiger partial charge on any atom is 0.412 e. The fourth-order valence-electron chi connectivity index (χ4n) is 2.53. The van der Waals surface area contributed by atoms with Gasteiger partial charge >= 0.3 is 6.18 Å². The molecule has 1 aliphatic heterocycles. The highest BCUT2D eigenvalue weighted by Crippen LogP contribution is 2.33. The Morgan fingerprint density at radius 2 is 2.10 bits per heavy atom. The topological polar surface area (TPSA) is 42.1 Å². The standard InChI is InChI=1S/C14H18F3N3/c1-10(18)13(12-4-2-3-7-19-12)20-8-5-11(6-9-20)14(15,16)17/h2-5,7,10,13H,6,8-9,18H2,1H3. The predicted octanol–water partition coefficient (Wildman–Crippen LogP) is 2.66. The molecule has 0 aromatic carbocycles. The van der Waals surface area contributed by atoms with E-state index in [1.54, 1.807) is 12.3 Å². The molecule has 2 atom stereocenters. The molecule has 2 unspecified atom stereocenters. The summed E-state index contributed by atoms with van der Waals surface area (Å²) in [7, 11) is 0. The molecule has 0 bridgehead atoms. The Kier molecular flexibility index (Phi) is 4.45. The highest BCUT2D eigenvalue weighted by atomic mass is 19.4. The molecular weight excluding hydrogens is 267 g/mol. The normalized spacial score (nSPS) is 20.4. The molecule has 0 spiro atoms. The van der Waals surface area contributed by atoms with E-state index in [0.29, 0.717) is 6.54 Å². The zero-order chi connectivity index (χ0) is 14.8. The smallest absolute Gasteiger partial charge is 0.326 e. The van der Waals surface area contributed by atoms with E-state index < -0.39 is 11.7 Å². The monoisotopic (exact) mass is 285 g/mol. The second-order valence-electron chi connectivity index (χ2n) is 5.03. The minimum atomic E-state index is -4.22. The number of nitrogens with two attached hydrogens (primary N) is 1. The molecule has 2 heterocycles. The van der Waals surface area contributed by atoms with Crippen LogP contribution in [0.1, 0.15) is 25.1 Å². The van der Waals surface area contributed by atoms with Crippen molar-refractivity contribution in [1.29, 1.82) is 0 Å². The van der Waals surface area contributed by atoms with Crippen LogP contribution in [0.2, 0.25) is 0 Å². The van der Waals surface area contributed by atoms with Gasteiger partial charge < -0.3 is 5.73 Å². The molecular formula is C14H18F3N3. The van der Waals surface area contributed by atoms with Gasteiger partial charge in [0, 0.05) is 30.9 Å². The van der Waals surface area contributed by atoms with E-state index in [9.17, 15) is 13.2 Å². The minimum Gasteiger partial charge on any atom is -0.326 e. The van der Waals surface area contributed by atoms with Crippen molar-refractivity contribution in [3.63, 3.8) is 0 Å². The first-order valence-corrected chi connectivity index (χ1v) is 6.56. The van der Waals surface area contributed by atoms with Crippen molar-refractivity contribution in [2.75, 3.05) is 13.1 Å². The van der Waals surface area contributed by atoms with Gasteiger partial charge in [0.25, 0.3) is 0 Å². The van der Waals surface area contributed by atoms with Crippen LogP contribution in [0, 0.1) is 0 Å². The van der Waals surface area contributed by atoms with Crippen molar-refractivity contribution in [3.8, 4) is 0 Å². The van der Waals surface area contributed by atoms with Gasteiger partial charge in [-0.1, -0.05) is 12.1 Å². The second-order valence-corrected chi connectivity index (χ2v) is 5.03. The lowest BCUT2D eigenvalue weighted by atomic mass is 10.00. The number of hydrogen-bond acceptors (Lipinski definition) is 3. The minimum absolute atomic E-state index is 0.000443. The zero-order valence-corrected chi connectivity index (χ0v) is 11.3. The van der Waals surface area contributed by atoms with E-state index in [0.717, 1.165) is 5.69 Å². The fourth-order valence-corrected chi connectivity index (χ4v) is 2.53.